The summed E-state index contributed by atoms with van der Waals surface area (Å²) in [5, 5.41) is 12.8. The molecule has 10 heteroatoms. The Kier molecular flexibility index (Phi) is 7.85. The number of hydrogen-bond acceptors (Lipinski definition) is 5. The number of aliphatic hydroxyl groups excluding tert-OH is 1. The van der Waals surface area contributed by atoms with Crippen LogP contribution in [0.25, 0.3) is 0 Å². The second-order valence-electron chi connectivity index (χ2n) is 8.63. The highest BCUT2D eigenvalue weighted by Crippen LogP contribution is 2.40. The van der Waals surface area contributed by atoms with Crippen molar-refractivity contribution in [2.24, 2.45) is 0 Å². The van der Waals surface area contributed by atoms with Gasteiger partial charge in [0.05, 0.1) is 19.3 Å². The van der Waals surface area contributed by atoms with Crippen LogP contribution in [0.4, 0.5) is 24.5 Å². The number of aliphatic hydroxyl groups is 1. The number of ether oxygens (including phenoxy) is 2. The topological polar surface area (TPSA) is 71.0 Å². The Labute approximate surface area is 217 Å². The number of fused-ring (bicyclic) bond motifs is 1. The minimum Gasteiger partial charge on any atom is -0.497 e. The van der Waals surface area contributed by atoms with Gasteiger partial charge in [-0.3, -0.25) is 4.79 Å². The molecule has 0 radical (unpaired) electrons. The standard InChI is InChI=1S/C27H26ClF3N2O4/c1-16-11-18-7-8-33(24(18)15-23(16)27(29,30)31)26(35)25(17-3-5-19(28)6-4-17)32-20-12-21(36-2)14-22(13-20)37-10-9-34/h3-6,11-15,25,32,34H,7-10H2,1-2H3. The zero-order chi connectivity index (χ0) is 26.7. The lowest BCUT2D eigenvalue weighted by Gasteiger charge is -2.27. The van der Waals surface area contributed by atoms with Crippen LogP contribution < -0.4 is 19.7 Å². The number of aryl methyl sites for hydroxylation is 1. The Morgan fingerprint density at radius 1 is 1.14 bits per heavy atom. The Morgan fingerprint density at radius 2 is 1.84 bits per heavy atom. The van der Waals surface area contributed by atoms with E-state index in [1.54, 1.807) is 42.5 Å². The molecule has 3 aromatic carbocycles. The molecule has 0 aromatic heterocycles. The molecule has 4 rings (SSSR count). The summed E-state index contributed by atoms with van der Waals surface area (Å²) in [6.07, 6.45) is -4.08. The molecule has 1 aliphatic rings. The number of amides is 1. The number of nitrogens with zero attached hydrogens (tertiary/aromatic N) is 1. The Bertz CT molecular complexity index is 1280. The number of carbonyl (C=O) groups excluding carboxylic acids is 1. The highest BCUT2D eigenvalue weighted by Gasteiger charge is 2.37. The summed E-state index contributed by atoms with van der Waals surface area (Å²) >= 11 is 6.06. The molecule has 0 fully saturated rings. The van der Waals surface area contributed by atoms with E-state index in [2.05, 4.69) is 5.32 Å². The molecular weight excluding hydrogens is 509 g/mol. The summed E-state index contributed by atoms with van der Waals surface area (Å²) in [4.78, 5) is 15.3. The van der Waals surface area contributed by atoms with Crippen LogP contribution >= 0.6 is 11.6 Å². The lowest BCUT2D eigenvalue weighted by atomic mass is 10.0. The van der Waals surface area contributed by atoms with E-state index >= 15 is 0 Å². The SMILES string of the molecule is COc1cc(NC(C(=O)N2CCc3cc(C)c(C(F)(F)F)cc32)c2ccc(Cl)cc2)cc(OCCO)c1. The van der Waals surface area contributed by atoms with Crippen molar-refractivity contribution in [3.63, 3.8) is 0 Å². The summed E-state index contributed by atoms with van der Waals surface area (Å²) in [6, 6.07) is 13.2. The molecule has 1 unspecified atom stereocenters. The molecule has 37 heavy (non-hydrogen) atoms. The maximum Gasteiger partial charge on any atom is 0.416 e. The average Bonchev–Trinajstić information content (AvgIpc) is 3.27. The fourth-order valence-electron chi connectivity index (χ4n) is 4.38. The number of carbonyl (C=O) groups is 1. The third-order valence-corrected chi connectivity index (χ3v) is 6.38. The van der Waals surface area contributed by atoms with Crippen LogP contribution in [0.2, 0.25) is 5.02 Å². The zero-order valence-corrected chi connectivity index (χ0v) is 21.0. The van der Waals surface area contributed by atoms with Crippen LogP contribution in [0.5, 0.6) is 11.5 Å². The van der Waals surface area contributed by atoms with E-state index in [0.29, 0.717) is 39.8 Å². The van der Waals surface area contributed by atoms with E-state index in [0.717, 1.165) is 6.07 Å². The normalized spacial score (nSPS) is 13.8. The largest absolute Gasteiger partial charge is 0.497 e. The molecule has 0 spiro atoms. The predicted molar refractivity (Wildman–Crippen MR) is 136 cm³/mol. The Balaban J connectivity index is 1.73. The van der Waals surface area contributed by atoms with Gasteiger partial charge in [0, 0.05) is 41.1 Å². The summed E-state index contributed by atoms with van der Waals surface area (Å²) in [5.74, 6) is 0.450. The molecule has 6 nitrogen and oxygen atoms in total. The second kappa shape index (κ2) is 10.9. The van der Waals surface area contributed by atoms with E-state index in [1.807, 2.05) is 0 Å². The summed E-state index contributed by atoms with van der Waals surface area (Å²) < 4.78 is 51.7. The summed E-state index contributed by atoms with van der Waals surface area (Å²) in [7, 11) is 1.48. The Hall–Kier alpha value is -3.43. The average molecular weight is 535 g/mol. The molecule has 0 aliphatic carbocycles. The lowest BCUT2D eigenvalue weighted by Crippen LogP contribution is -2.37. The van der Waals surface area contributed by atoms with Crippen molar-refractivity contribution in [1.82, 2.24) is 0 Å². The van der Waals surface area contributed by atoms with Crippen LogP contribution in [-0.2, 0) is 17.4 Å². The second-order valence-corrected chi connectivity index (χ2v) is 9.07. The van der Waals surface area contributed by atoms with E-state index in [9.17, 15) is 18.0 Å². The molecule has 0 saturated carbocycles. The monoisotopic (exact) mass is 534 g/mol. The number of halogens is 4. The van der Waals surface area contributed by atoms with Crippen LogP contribution in [0.15, 0.2) is 54.6 Å². The fraction of sp³-hybridized carbons (Fsp3) is 0.296. The predicted octanol–water partition coefficient (Wildman–Crippen LogP) is 5.79. The van der Waals surface area contributed by atoms with Crippen LogP contribution in [0, 0.1) is 6.92 Å². The van der Waals surface area contributed by atoms with Gasteiger partial charge in [-0.1, -0.05) is 29.8 Å². The highest BCUT2D eigenvalue weighted by molar-refractivity contribution is 6.30. The molecular formula is C27H26ClF3N2O4. The number of rotatable bonds is 8. The van der Waals surface area contributed by atoms with Crippen molar-refractivity contribution in [1.29, 1.82) is 0 Å². The summed E-state index contributed by atoms with van der Waals surface area (Å²) in [5.41, 5.74) is 1.36. The number of methoxy groups -OCH3 is 1. The van der Waals surface area contributed by atoms with Crippen molar-refractivity contribution in [3.05, 3.63) is 81.9 Å². The van der Waals surface area contributed by atoms with Gasteiger partial charge >= 0.3 is 6.18 Å². The van der Waals surface area contributed by atoms with Crippen LogP contribution in [-0.4, -0.2) is 37.9 Å². The van der Waals surface area contributed by atoms with E-state index in [4.69, 9.17) is 26.2 Å². The lowest BCUT2D eigenvalue weighted by molar-refractivity contribution is -0.138. The number of nitrogens with one attached hydrogen (secondary N) is 1. The quantitative estimate of drug-likeness (QED) is 0.383. The van der Waals surface area contributed by atoms with Gasteiger partial charge < -0.3 is 24.8 Å². The van der Waals surface area contributed by atoms with Crippen molar-refractivity contribution < 1.29 is 32.5 Å². The number of benzene rings is 3. The summed E-state index contributed by atoms with van der Waals surface area (Å²) in [6.45, 7) is 1.56. The van der Waals surface area contributed by atoms with Gasteiger partial charge in [-0.15, -0.1) is 0 Å². The first-order chi connectivity index (χ1) is 17.6. The highest BCUT2D eigenvalue weighted by atomic mass is 35.5. The van der Waals surface area contributed by atoms with Crippen molar-refractivity contribution in [2.75, 3.05) is 37.1 Å². The molecule has 1 atom stereocenters. The van der Waals surface area contributed by atoms with E-state index in [1.165, 1.54) is 25.0 Å². The van der Waals surface area contributed by atoms with Gasteiger partial charge in [0.25, 0.3) is 5.91 Å². The maximum absolute atomic E-state index is 13.9. The van der Waals surface area contributed by atoms with Gasteiger partial charge in [-0.2, -0.15) is 13.2 Å². The van der Waals surface area contributed by atoms with Crippen LogP contribution in [0.3, 0.4) is 0 Å². The molecule has 196 valence electrons. The molecule has 1 aliphatic heterocycles. The smallest absolute Gasteiger partial charge is 0.416 e. The number of anilines is 2. The third kappa shape index (κ3) is 5.94. The Morgan fingerprint density at radius 3 is 2.49 bits per heavy atom. The molecule has 0 bridgehead atoms. The molecule has 1 heterocycles. The first-order valence-electron chi connectivity index (χ1n) is 11.6. The molecule has 2 N–H and O–H groups in total. The molecule has 0 saturated heterocycles. The van der Waals surface area contributed by atoms with Crippen molar-refractivity contribution >= 4 is 28.9 Å². The van der Waals surface area contributed by atoms with E-state index in [-0.39, 0.29) is 31.0 Å². The van der Waals surface area contributed by atoms with Crippen molar-refractivity contribution in [2.45, 2.75) is 25.6 Å². The van der Waals surface area contributed by atoms with Gasteiger partial charge in [0.2, 0.25) is 0 Å². The van der Waals surface area contributed by atoms with E-state index < -0.39 is 23.7 Å². The number of alkyl halides is 3. The van der Waals surface area contributed by atoms with Gasteiger partial charge in [0.1, 0.15) is 24.1 Å². The molecule has 1 amide bonds. The number of hydrogen-bond donors (Lipinski definition) is 2. The third-order valence-electron chi connectivity index (χ3n) is 6.13. The molecule has 3 aromatic rings. The van der Waals surface area contributed by atoms with Crippen molar-refractivity contribution in [3.8, 4) is 11.5 Å². The van der Waals surface area contributed by atoms with Gasteiger partial charge in [-0.05, 0) is 48.2 Å². The van der Waals surface area contributed by atoms with Gasteiger partial charge in [0.15, 0.2) is 0 Å². The fourth-order valence-corrected chi connectivity index (χ4v) is 4.51. The maximum atomic E-state index is 13.9. The minimum atomic E-state index is -4.53. The zero-order valence-electron chi connectivity index (χ0n) is 20.2. The first-order valence-corrected chi connectivity index (χ1v) is 12.0. The van der Waals surface area contributed by atoms with Crippen LogP contribution in [0.1, 0.15) is 28.3 Å². The minimum absolute atomic E-state index is 0.0671. The first kappa shape index (κ1) is 26.6. The van der Waals surface area contributed by atoms with Gasteiger partial charge in [-0.25, -0.2) is 0 Å².